The number of hydrogen-bond acceptors (Lipinski definition) is 4. The fourth-order valence-electron chi connectivity index (χ4n) is 3.75. The van der Waals surface area contributed by atoms with Gasteiger partial charge in [0.05, 0.1) is 11.1 Å². The van der Waals surface area contributed by atoms with E-state index >= 15 is 4.39 Å². The average molecular weight is 432 g/mol. The van der Waals surface area contributed by atoms with Crippen molar-refractivity contribution < 1.29 is 14.0 Å². The third kappa shape index (κ3) is 3.41. The molecule has 0 spiro atoms. The molecule has 8 nitrogen and oxygen atoms in total. The van der Waals surface area contributed by atoms with Crippen molar-refractivity contribution in [2.45, 2.75) is 12.8 Å². The molecule has 0 saturated heterocycles. The molecule has 1 aliphatic carbocycles. The van der Waals surface area contributed by atoms with Crippen molar-refractivity contribution in [1.82, 2.24) is 24.8 Å². The van der Waals surface area contributed by atoms with Crippen molar-refractivity contribution in [3.05, 3.63) is 54.2 Å². The number of aromatic amines is 1. The summed E-state index contributed by atoms with van der Waals surface area (Å²) >= 11 is 0. The highest BCUT2D eigenvalue weighted by atomic mass is 19.1. The second kappa shape index (κ2) is 7.60. The second-order valence-electron chi connectivity index (χ2n) is 7.89. The van der Waals surface area contributed by atoms with Gasteiger partial charge in [0.15, 0.2) is 5.82 Å². The number of aryl methyl sites for hydroxylation is 1. The molecule has 1 fully saturated rings. The van der Waals surface area contributed by atoms with Gasteiger partial charge in [0, 0.05) is 60.8 Å². The Balaban J connectivity index is 1.60. The third-order valence-electron chi connectivity index (χ3n) is 5.67. The first-order valence-electron chi connectivity index (χ1n) is 10.3. The minimum atomic E-state index is -0.435. The summed E-state index contributed by atoms with van der Waals surface area (Å²) < 4.78 is 16.9. The van der Waals surface area contributed by atoms with Gasteiger partial charge in [-0.25, -0.2) is 14.4 Å². The van der Waals surface area contributed by atoms with Crippen molar-refractivity contribution in [3.8, 4) is 22.6 Å². The molecule has 1 saturated carbocycles. The van der Waals surface area contributed by atoms with Gasteiger partial charge < -0.3 is 20.2 Å². The van der Waals surface area contributed by atoms with Gasteiger partial charge in [-0.05, 0) is 31.0 Å². The van der Waals surface area contributed by atoms with Crippen molar-refractivity contribution in [2.75, 3.05) is 12.4 Å². The summed E-state index contributed by atoms with van der Waals surface area (Å²) in [5, 5.41) is 5.96. The Morgan fingerprint density at radius 2 is 2.03 bits per heavy atom. The zero-order chi connectivity index (χ0) is 22.4. The maximum absolute atomic E-state index is 15.1. The van der Waals surface area contributed by atoms with E-state index in [1.165, 1.54) is 19.3 Å². The largest absolute Gasteiger partial charge is 0.355 e. The number of nitrogens with zero attached hydrogens (tertiary/aromatic N) is 3. The van der Waals surface area contributed by atoms with Gasteiger partial charge in [0.25, 0.3) is 5.91 Å². The van der Waals surface area contributed by atoms with Crippen LogP contribution in [0.3, 0.4) is 0 Å². The monoisotopic (exact) mass is 432 g/mol. The molecule has 32 heavy (non-hydrogen) atoms. The van der Waals surface area contributed by atoms with E-state index in [1.807, 2.05) is 11.6 Å². The van der Waals surface area contributed by atoms with Crippen LogP contribution in [0.15, 0.2) is 42.9 Å². The SMILES string of the molecule is CNC(=O)c1cnc(NC(=O)C2CC2)c2[nH]c(-c3ccc(-c4nccn4C)cc3F)cc12. The molecular weight excluding hydrogens is 411 g/mol. The molecule has 0 unspecified atom stereocenters. The number of anilines is 1. The first-order chi connectivity index (χ1) is 15.5. The third-order valence-corrected chi connectivity index (χ3v) is 5.67. The Morgan fingerprint density at radius 3 is 2.69 bits per heavy atom. The number of carbonyl (C=O) groups excluding carboxylic acids is 2. The lowest BCUT2D eigenvalue weighted by Crippen LogP contribution is -2.19. The molecule has 162 valence electrons. The number of fused-ring (bicyclic) bond motifs is 1. The van der Waals surface area contributed by atoms with E-state index in [2.05, 4.69) is 25.6 Å². The van der Waals surface area contributed by atoms with Crippen LogP contribution in [-0.2, 0) is 11.8 Å². The zero-order valence-corrected chi connectivity index (χ0v) is 17.6. The highest BCUT2D eigenvalue weighted by molar-refractivity contribution is 6.11. The molecule has 2 amide bonds. The number of H-pyrrole nitrogens is 1. The van der Waals surface area contributed by atoms with Gasteiger partial charge >= 0.3 is 0 Å². The molecule has 1 aliphatic rings. The van der Waals surface area contributed by atoms with Crippen LogP contribution in [0.4, 0.5) is 10.2 Å². The lowest BCUT2D eigenvalue weighted by molar-refractivity contribution is -0.117. The standard InChI is InChI=1S/C23H21FN6O2/c1-25-23(32)16-11-27-20(29-22(31)12-3-4-12)19-15(16)10-18(28-19)14-6-5-13(9-17(14)24)21-26-7-8-30(21)2/h5-12,28H,3-4H2,1-2H3,(H,25,32)(H,27,29,31). The van der Waals surface area contributed by atoms with Crippen LogP contribution >= 0.6 is 0 Å². The minimum absolute atomic E-state index is 0.00369. The molecule has 0 aliphatic heterocycles. The summed E-state index contributed by atoms with van der Waals surface area (Å²) in [6.07, 6.45) is 6.58. The molecular formula is C23H21FN6O2. The van der Waals surface area contributed by atoms with Crippen LogP contribution in [0.25, 0.3) is 33.5 Å². The lowest BCUT2D eigenvalue weighted by Gasteiger charge is -2.07. The molecule has 5 rings (SSSR count). The fraction of sp³-hybridized carbons (Fsp3) is 0.217. The van der Waals surface area contributed by atoms with E-state index in [9.17, 15) is 9.59 Å². The van der Waals surface area contributed by atoms with Gasteiger partial charge in [0.2, 0.25) is 5.91 Å². The number of nitrogens with one attached hydrogen (secondary N) is 3. The number of halogens is 1. The number of imidazole rings is 1. The van der Waals surface area contributed by atoms with Crippen molar-refractivity contribution in [2.24, 2.45) is 13.0 Å². The number of aromatic nitrogens is 4. The summed E-state index contributed by atoms with van der Waals surface area (Å²) in [7, 11) is 3.37. The maximum atomic E-state index is 15.1. The Bertz CT molecular complexity index is 1370. The van der Waals surface area contributed by atoms with E-state index in [1.54, 1.807) is 30.6 Å². The van der Waals surface area contributed by atoms with Crippen molar-refractivity contribution in [1.29, 1.82) is 0 Å². The number of pyridine rings is 1. The summed E-state index contributed by atoms with van der Waals surface area (Å²) in [5.74, 6) is 0.113. The lowest BCUT2D eigenvalue weighted by atomic mass is 10.1. The van der Waals surface area contributed by atoms with Gasteiger partial charge in [-0.2, -0.15) is 0 Å². The van der Waals surface area contributed by atoms with E-state index in [0.717, 1.165) is 12.8 Å². The number of benzene rings is 1. The Hall–Kier alpha value is -4.01. The van der Waals surface area contributed by atoms with Crippen LogP contribution in [0.5, 0.6) is 0 Å². The van der Waals surface area contributed by atoms with Gasteiger partial charge in [-0.15, -0.1) is 0 Å². The molecule has 0 bridgehead atoms. The molecule has 0 radical (unpaired) electrons. The zero-order valence-electron chi connectivity index (χ0n) is 17.6. The second-order valence-corrected chi connectivity index (χ2v) is 7.89. The highest BCUT2D eigenvalue weighted by Gasteiger charge is 2.30. The molecule has 9 heteroatoms. The van der Waals surface area contributed by atoms with Crippen molar-refractivity contribution in [3.63, 3.8) is 0 Å². The van der Waals surface area contributed by atoms with Crippen molar-refractivity contribution >= 4 is 28.5 Å². The maximum Gasteiger partial charge on any atom is 0.253 e. The predicted molar refractivity (Wildman–Crippen MR) is 118 cm³/mol. The van der Waals surface area contributed by atoms with Crippen LogP contribution in [0.2, 0.25) is 0 Å². The molecule has 0 atom stereocenters. The molecule has 3 heterocycles. The molecule has 1 aromatic carbocycles. The number of amides is 2. The Labute approximate surface area is 182 Å². The smallest absolute Gasteiger partial charge is 0.253 e. The Morgan fingerprint density at radius 1 is 1.22 bits per heavy atom. The quantitative estimate of drug-likeness (QED) is 0.449. The minimum Gasteiger partial charge on any atom is -0.355 e. The van der Waals surface area contributed by atoms with Gasteiger partial charge in [-0.1, -0.05) is 6.07 Å². The summed E-state index contributed by atoms with van der Waals surface area (Å²) in [6.45, 7) is 0. The number of carbonyl (C=O) groups is 2. The van der Waals surface area contributed by atoms with Gasteiger partial charge in [-0.3, -0.25) is 9.59 Å². The summed E-state index contributed by atoms with van der Waals surface area (Å²) in [6, 6.07) is 6.59. The van der Waals surface area contributed by atoms with Crippen LogP contribution in [0.1, 0.15) is 23.2 Å². The molecule has 4 aromatic rings. The average Bonchev–Trinajstić information content (AvgIpc) is 3.41. The van der Waals surface area contributed by atoms with E-state index in [-0.39, 0.29) is 17.7 Å². The predicted octanol–water partition coefficient (Wildman–Crippen LogP) is 3.48. The Kier molecular flexibility index (Phi) is 4.73. The molecule has 3 aromatic heterocycles. The normalized spacial score (nSPS) is 13.3. The summed E-state index contributed by atoms with van der Waals surface area (Å²) in [5.41, 5.74) is 2.27. The molecule has 3 N–H and O–H groups in total. The number of rotatable bonds is 5. The topological polar surface area (TPSA) is 105 Å². The number of hydrogen-bond donors (Lipinski definition) is 3. The van der Waals surface area contributed by atoms with E-state index in [0.29, 0.717) is 44.9 Å². The van der Waals surface area contributed by atoms with Gasteiger partial charge in [0.1, 0.15) is 11.6 Å². The van der Waals surface area contributed by atoms with Crippen LogP contribution < -0.4 is 10.6 Å². The first-order valence-corrected chi connectivity index (χ1v) is 10.3. The summed E-state index contributed by atoms with van der Waals surface area (Å²) in [4.78, 5) is 36.3. The van der Waals surface area contributed by atoms with E-state index in [4.69, 9.17) is 0 Å². The first kappa shape index (κ1) is 19.9. The van der Waals surface area contributed by atoms with Crippen LogP contribution in [0, 0.1) is 11.7 Å². The van der Waals surface area contributed by atoms with E-state index < -0.39 is 5.82 Å². The highest BCUT2D eigenvalue weighted by Crippen LogP contribution is 2.34. The fourth-order valence-corrected chi connectivity index (χ4v) is 3.75. The van der Waals surface area contributed by atoms with Crippen LogP contribution in [-0.4, -0.2) is 38.4 Å².